The number of halogens is 1. The van der Waals surface area contributed by atoms with Crippen LogP contribution in [-0.2, 0) is 4.79 Å². The number of amides is 1. The first kappa shape index (κ1) is 25.3. The molecule has 2 atom stereocenters. The molecule has 0 aromatic heterocycles. The Balaban J connectivity index is 1.86. The van der Waals surface area contributed by atoms with Crippen LogP contribution in [-0.4, -0.2) is 23.0 Å². The molecule has 0 aliphatic carbocycles. The summed E-state index contributed by atoms with van der Waals surface area (Å²) < 4.78 is 0. The van der Waals surface area contributed by atoms with Gasteiger partial charge in [0.15, 0.2) is 0 Å². The third kappa shape index (κ3) is 5.78. The summed E-state index contributed by atoms with van der Waals surface area (Å²) in [7, 11) is 0. The number of anilines is 1. The molecule has 0 aliphatic rings. The summed E-state index contributed by atoms with van der Waals surface area (Å²) in [6, 6.07) is 17.4. The highest BCUT2D eigenvalue weighted by Gasteiger charge is 2.19. The Bertz CT molecular complexity index is 1200. The van der Waals surface area contributed by atoms with Crippen LogP contribution in [0.25, 0.3) is 11.1 Å². The van der Waals surface area contributed by atoms with E-state index in [0.29, 0.717) is 5.56 Å². The molecular formula is C28H31ClN2O3. The summed E-state index contributed by atoms with van der Waals surface area (Å²) in [5.41, 5.74) is 7.38. The van der Waals surface area contributed by atoms with Crippen molar-refractivity contribution in [2.45, 2.75) is 53.1 Å². The van der Waals surface area contributed by atoms with E-state index in [4.69, 9.17) is 16.7 Å². The Kier molecular flexibility index (Phi) is 8.00. The van der Waals surface area contributed by atoms with Crippen LogP contribution >= 0.6 is 11.6 Å². The molecule has 5 nitrogen and oxygen atoms in total. The molecule has 0 saturated heterocycles. The fourth-order valence-corrected chi connectivity index (χ4v) is 4.23. The molecule has 3 aromatic carbocycles. The zero-order valence-corrected chi connectivity index (χ0v) is 21.0. The Morgan fingerprint density at radius 1 is 0.941 bits per heavy atom. The first-order chi connectivity index (χ1) is 16.1. The number of carboxylic acids is 1. The summed E-state index contributed by atoms with van der Waals surface area (Å²) in [6.07, 6.45) is 0.919. The predicted molar refractivity (Wildman–Crippen MR) is 139 cm³/mol. The number of aryl methyl sites for hydroxylation is 3. The third-order valence-corrected chi connectivity index (χ3v) is 6.43. The third-order valence-electron chi connectivity index (χ3n) is 6.01. The van der Waals surface area contributed by atoms with Gasteiger partial charge in [-0.15, -0.1) is 0 Å². The lowest BCUT2D eigenvalue weighted by molar-refractivity contribution is -0.138. The zero-order valence-electron chi connectivity index (χ0n) is 20.2. The standard InChI is InChI=1S/C28H31ClN2O3/c1-6-25(21-10-11-24(29)16(2)12-21)31-23-9-7-8-20(15-23)22-13-17(3)26(18(4)14-22)27(32)30-19(5)28(33)34/h7-15,19,25,31H,6H2,1-5H3,(H,30,32)(H,33,34)/t19-,25?/m0/s1. The number of hydrogen-bond acceptors (Lipinski definition) is 3. The molecule has 0 aliphatic heterocycles. The van der Waals surface area contributed by atoms with Gasteiger partial charge >= 0.3 is 5.97 Å². The second-order valence-corrected chi connectivity index (χ2v) is 9.12. The van der Waals surface area contributed by atoms with Crippen molar-refractivity contribution in [3.8, 4) is 11.1 Å². The van der Waals surface area contributed by atoms with Gasteiger partial charge in [0.05, 0.1) is 6.04 Å². The van der Waals surface area contributed by atoms with E-state index >= 15 is 0 Å². The van der Waals surface area contributed by atoms with Crippen LogP contribution < -0.4 is 10.6 Å². The van der Waals surface area contributed by atoms with Gasteiger partial charge in [-0.1, -0.05) is 54.9 Å². The normalized spacial score (nSPS) is 12.6. The van der Waals surface area contributed by atoms with Crippen molar-refractivity contribution in [3.63, 3.8) is 0 Å². The maximum absolute atomic E-state index is 12.6. The molecule has 1 amide bonds. The zero-order chi connectivity index (χ0) is 25.0. The fourth-order valence-electron chi connectivity index (χ4n) is 4.11. The van der Waals surface area contributed by atoms with Crippen molar-refractivity contribution in [1.82, 2.24) is 5.32 Å². The first-order valence-corrected chi connectivity index (χ1v) is 11.8. The Morgan fingerprint density at radius 2 is 1.62 bits per heavy atom. The summed E-state index contributed by atoms with van der Waals surface area (Å²) in [6.45, 7) is 9.35. The molecule has 0 saturated carbocycles. The van der Waals surface area contributed by atoms with Gasteiger partial charge in [-0.25, -0.2) is 0 Å². The quantitative estimate of drug-likeness (QED) is 0.336. The Labute approximate surface area is 206 Å². The van der Waals surface area contributed by atoms with E-state index < -0.39 is 12.0 Å². The Hall–Kier alpha value is -3.31. The van der Waals surface area contributed by atoms with Gasteiger partial charge < -0.3 is 15.7 Å². The van der Waals surface area contributed by atoms with Crippen LogP contribution in [0.5, 0.6) is 0 Å². The van der Waals surface area contributed by atoms with Gasteiger partial charge in [-0.3, -0.25) is 9.59 Å². The second-order valence-electron chi connectivity index (χ2n) is 8.71. The topological polar surface area (TPSA) is 78.4 Å². The minimum absolute atomic E-state index is 0.150. The minimum Gasteiger partial charge on any atom is -0.480 e. The monoisotopic (exact) mass is 478 g/mol. The van der Waals surface area contributed by atoms with Crippen molar-refractivity contribution in [1.29, 1.82) is 0 Å². The molecule has 6 heteroatoms. The lowest BCUT2D eigenvalue weighted by Gasteiger charge is -2.20. The Morgan fingerprint density at radius 3 is 2.21 bits per heavy atom. The molecule has 0 radical (unpaired) electrons. The molecule has 0 fully saturated rings. The number of nitrogens with one attached hydrogen (secondary N) is 2. The number of carbonyl (C=O) groups is 2. The van der Waals surface area contributed by atoms with Gasteiger partial charge in [0.25, 0.3) is 5.91 Å². The van der Waals surface area contributed by atoms with Crippen LogP contribution in [0.15, 0.2) is 54.6 Å². The fraction of sp³-hybridized carbons (Fsp3) is 0.286. The van der Waals surface area contributed by atoms with Crippen molar-refractivity contribution in [3.05, 3.63) is 87.4 Å². The van der Waals surface area contributed by atoms with Gasteiger partial charge in [0.2, 0.25) is 0 Å². The van der Waals surface area contributed by atoms with Gasteiger partial charge in [0.1, 0.15) is 6.04 Å². The largest absolute Gasteiger partial charge is 0.480 e. The van der Waals surface area contributed by atoms with E-state index in [1.807, 2.05) is 57.2 Å². The van der Waals surface area contributed by atoms with Crippen molar-refractivity contribution in [2.24, 2.45) is 0 Å². The van der Waals surface area contributed by atoms with Crippen molar-refractivity contribution in [2.75, 3.05) is 5.32 Å². The molecule has 0 spiro atoms. The van der Waals surface area contributed by atoms with E-state index in [1.165, 1.54) is 12.5 Å². The maximum atomic E-state index is 12.6. The summed E-state index contributed by atoms with van der Waals surface area (Å²) >= 11 is 6.20. The molecule has 34 heavy (non-hydrogen) atoms. The van der Waals surface area contributed by atoms with Crippen LogP contribution in [0.4, 0.5) is 5.69 Å². The number of carbonyl (C=O) groups excluding carboxylic acids is 1. The van der Waals surface area contributed by atoms with Gasteiger partial charge in [-0.05, 0) is 85.7 Å². The average molecular weight is 479 g/mol. The van der Waals surface area contributed by atoms with E-state index in [1.54, 1.807) is 0 Å². The highest BCUT2D eigenvalue weighted by atomic mass is 35.5. The number of aliphatic carboxylic acids is 1. The first-order valence-electron chi connectivity index (χ1n) is 11.4. The number of carboxylic acid groups (broad SMARTS) is 1. The summed E-state index contributed by atoms with van der Waals surface area (Å²) in [4.78, 5) is 23.7. The van der Waals surface area contributed by atoms with E-state index in [0.717, 1.165) is 44.9 Å². The lowest BCUT2D eigenvalue weighted by atomic mass is 9.94. The average Bonchev–Trinajstić information content (AvgIpc) is 2.79. The predicted octanol–water partition coefficient (Wildman–Crippen LogP) is 6.70. The van der Waals surface area contributed by atoms with Crippen LogP contribution in [0.2, 0.25) is 5.02 Å². The van der Waals surface area contributed by atoms with E-state index in [-0.39, 0.29) is 11.9 Å². The molecule has 1 unspecified atom stereocenters. The molecule has 0 bridgehead atoms. The molecule has 178 valence electrons. The number of hydrogen-bond donors (Lipinski definition) is 3. The SMILES string of the molecule is CCC(Nc1cccc(-c2cc(C)c(C(=O)N[C@@H](C)C(=O)O)c(C)c2)c1)c1ccc(Cl)c(C)c1. The summed E-state index contributed by atoms with van der Waals surface area (Å²) in [5, 5.41) is 16.0. The van der Waals surface area contributed by atoms with E-state index in [2.05, 4.69) is 35.8 Å². The number of rotatable bonds is 8. The van der Waals surface area contributed by atoms with Gasteiger partial charge in [0, 0.05) is 16.3 Å². The minimum atomic E-state index is -1.07. The highest BCUT2D eigenvalue weighted by molar-refractivity contribution is 6.31. The van der Waals surface area contributed by atoms with Crippen molar-refractivity contribution < 1.29 is 14.7 Å². The smallest absolute Gasteiger partial charge is 0.325 e. The molecule has 3 rings (SSSR count). The lowest BCUT2D eigenvalue weighted by Crippen LogP contribution is -2.38. The molecule has 3 N–H and O–H groups in total. The van der Waals surface area contributed by atoms with Crippen LogP contribution in [0, 0.1) is 20.8 Å². The maximum Gasteiger partial charge on any atom is 0.325 e. The molecular weight excluding hydrogens is 448 g/mol. The highest BCUT2D eigenvalue weighted by Crippen LogP contribution is 2.30. The molecule has 3 aromatic rings. The van der Waals surface area contributed by atoms with Gasteiger partial charge in [-0.2, -0.15) is 0 Å². The second kappa shape index (κ2) is 10.7. The van der Waals surface area contributed by atoms with Crippen molar-refractivity contribution >= 4 is 29.2 Å². The number of benzene rings is 3. The van der Waals surface area contributed by atoms with E-state index in [9.17, 15) is 9.59 Å². The van der Waals surface area contributed by atoms with Crippen LogP contribution in [0.3, 0.4) is 0 Å². The molecule has 0 heterocycles. The van der Waals surface area contributed by atoms with Crippen LogP contribution in [0.1, 0.15) is 58.9 Å². The summed E-state index contributed by atoms with van der Waals surface area (Å²) in [5.74, 6) is -1.44.